The van der Waals surface area contributed by atoms with Crippen molar-refractivity contribution in [2.24, 2.45) is 29.1 Å². The number of carbonyl (C=O) groups is 2. The van der Waals surface area contributed by atoms with Crippen LogP contribution in [0.25, 0.3) is 0 Å². The van der Waals surface area contributed by atoms with Crippen LogP contribution in [0.5, 0.6) is 0 Å². The maximum Gasteiger partial charge on any atom is 0.251 e. The lowest BCUT2D eigenvalue weighted by Gasteiger charge is -2.56. The van der Waals surface area contributed by atoms with Crippen molar-refractivity contribution in [2.45, 2.75) is 58.6 Å². The number of aliphatic hydroxyl groups excluding tert-OH is 1. The van der Waals surface area contributed by atoms with Crippen LogP contribution in [0, 0.1) is 29.1 Å². The molecule has 172 valence electrons. The summed E-state index contributed by atoms with van der Waals surface area (Å²) in [5.74, 6) is -0.242. The molecule has 2 aliphatic rings. The summed E-state index contributed by atoms with van der Waals surface area (Å²) in [5.41, 5.74) is 0.696. The number of ether oxygens (including phenoxy) is 1. The van der Waals surface area contributed by atoms with E-state index in [1.165, 1.54) is 0 Å². The Bertz CT molecular complexity index is 755. The van der Waals surface area contributed by atoms with Gasteiger partial charge in [-0.1, -0.05) is 39.0 Å². The van der Waals surface area contributed by atoms with Crippen molar-refractivity contribution in [3.05, 3.63) is 35.9 Å². The molecule has 0 heterocycles. The lowest BCUT2D eigenvalue weighted by molar-refractivity contribution is -0.142. The number of fused-ring (bicyclic) bond motifs is 1. The summed E-state index contributed by atoms with van der Waals surface area (Å²) in [5, 5.41) is 17.6. The minimum Gasteiger partial charge on any atom is -0.392 e. The minimum absolute atomic E-state index is 0.0185. The molecule has 31 heavy (non-hydrogen) atoms. The van der Waals surface area contributed by atoms with Crippen molar-refractivity contribution in [1.29, 1.82) is 0 Å². The van der Waals surface area contributed by atoms with Crippen molar-refractivity contribution in [3.63, 3.8) is 0 Å². The van der Waals surface area contributed by atoms with E-state index in [4.69, 9.17) is 4.74 Å². The Morgan fingerprint density at radius 2 is 1.90 bits per heavy atom. The summed E-state index contributed by atoms with van der Waals surface area (Å²) in [6, 6.07) is 9.29. The summed E-state index contributed by atoms with van der Waals surface area (Å²) >= 11 is 0. The second-order valence-corrected chi connectivity index (χ2v) is 9.79. The van der Waals surface area contributed by atoms with Crippen LogP contribution in [0.1, 0.15) is 56.8 Å². The molecule has 2 fully saturated rings. The topological polar surface area (TPSA) is 87.7 Å². The van der Waals surface area contributed by atoms with Gasteiger partial charge in [-0.15, -0.1) is 0 Å². The molecule has 0 spiro atoms. The Balaban J connectivity index is 1.70. The number of rotatable bonds is 7. The van der Waals surface area contributed by atoms with Crippen LogP contribution in [0.2, 0.25) is 0 Å². The van der Waals surface area contributed by atoms with E-state index >= 15 is 0 Å². The van der Waals surface area contributed by atoms with Gasteiger partial charge in [0.25, 0.3) is 5.91 Å². The van der Waals surface area contributed by atoms with Crippen LogP contribution >= 0.6 is 0 Å². The quantitative estimate of drug-likeness (QED) is 0.581. The first-order chi connectivity index (χ1) is 14.8. The van der Waals surface area contributed by atoms with E-state index in [1.807, 2.05) is 37.3 Å². The number of nitrogens with one attached hydrogen (secondary N) is 2. The number of benzene rings is 1. The van der Waals surface area contributed by atoms with Gasteiger partial charge < -0.3 is 20.5 Å². The Morgan fingerprint density at radius 3 is 2.58 bits per heavy atom. The van der Waals surface area contributed by atoms with E-state index in [0.29, 0.717) is 18.7 Å². The van der Waals surface area contributed by atoms with Crippen LogP contribution in [-0.4, -0.2) is 49.3 Å². The van der Waals surface area contributed by atoms with E-state index in [-0.39, 0.29) is 46.9 Å². The minimum atomic E-state index is -0.562. The normalized spacial score (nSPS) is 33.8. The smallest absolute Gasteiger partial charge is 0.251 e. The predicted octanol–water partition coefficient (Wildman–Crippen LogP) is 3.01. The fraction of sp³-hybridized carbons (Fsp3) is 0.680. The SMILES string of the molecule is COCCNC(=O)C(C)[C@@H]1CC[C@@]2(C)CC[C@H](NC(=O)c3ccccc3)[C@@H](C)[C@@H]2[C@H]1O. The highest BCUT2D eigenvalue weighted by Gasteiger charge is 2.53. The van der Waals surface area contributed by atoms with Gasteiger partial charge in [-0.05, 0) is 61.0 Å². The number of amides is 2. The molecule has 1 aromatic rings. The standard InChI is InChI=1S/C25H38N2O4/c1-16(23(29)26-14-15-31-4)19-10-12-25(3)13-11-20(17(2)21(25)22(19)28)27-24(30)18-8-6-5-7-9-18/h5-9,16-17,19-22,28H,10-15H2,1-4H3,(H,26,29)(H,27,30)/t16?,17-,19+,20+,21-,22+,25+/m1/s1. The third-order valence-electron chi connectivity index (χ3n) is 7.90. The van der Waals surface area contributed by atoms with Crippen molar-refractivity contribution in [1.82, 2.24) is 10.6 Å². The summed E-state index contributed by atoms with van der Waals surface area (Å²) in [4.78, 5) is 25.3. The number of methoxy groups -OCH3 is 1. The first kappa shape index (κ1) is 23.7. The molecule has 0 aromatic heterocycles. The van der Waals surface area contributed by atoms with Crippen LogP contribution in [-0.2, 0) is 9.53 Å². The molecule has 0 saturated heterocycles. The van der Waals surface area contributed by atoms with E-state index in [2.05, 4.69) is 24.5 Å². The zero-order chi connectivity index (χ0) is 22.6. The average molecular weight is 431 g/mol. The maximum atomic E-state index is 12.7. The van der Waals surface area contributed by atoms with Crippen LogP contribution in [0.4, 0.5) is 0 Å². The monoisotopic (exact) mass is 430 g/mol. The third kappa shape index (κ3) is 5.12. The molecule has 7 atom stereocenters. The molecule has 0 bridgehead atoms. The van der Waals surface area contributed by atoms with Gasteiger partial charge in [0, 0.05) is 31.2 Å². The highest BCUT2D eigenvalue weighted by atomic mass is 16.5. The molecule has 2 aliphatic carbocycles. The molecule has 2 amide bonds. The summed E-state index contributed by atoms with van der Waals surface area (Å²) in [6.45, 7) is 7.29. The van der Waals surface area contributed by atoms with Gasteiger partial charge in [0.2, 0.25) is 5.91 Å². The Kier molecular flexibility index (Phi) is 7.76. The maximum absolute atomic E-state index is 12.7. The van der Waals surface area contributed by atoms with Crippen molar-refractivity contribution in [2.75, 3.05) is 20.3 Å². The largest absolute Gasteiger partial charge is 0.392 e. The zero-order valence-corrected chi connectivity index (χ0v) is 19.3. The molecular weight excluding hydrogens is 392 g/mol. The van der Waals surface area contributed by atoms with E-state index in [0.717, 1.165) is 25.7 Å². The van der Waals surface area contributed by atoms with Gasteiger partial charge in [-0.3, -0.25) is 9.59 Å². The second-order valence-electron chi connectivity index (χ2n) is 9.79. The number of hydrogen-bond acceptors (Lipinski definition) is 4. The molecule has 3 rings (SSSR count). The molecule has 3 N–H and O–H groups in total. The number of carbonyl (C=O) groups excluding carboxylic acids is 2. The molecule has 2 saturated carbocycles. The van der Waals surface area contributed by atoms with Gasteiger partial charge in [0.15, 0.2) is 0 Å². The molecule has 1 unspecified atom stereocenters. The van der Waals surface area contributed by atoms with Crippen LogP contribution in [0.15, 0.2) is 30.3 Å². The van der Waals surface area contributed by atoms with Crippen molar-refractivity contribution in [3.8, 4) is 0 Å². The fourth-order valence-electron chi connectivity index (χ4n) is 5.97. The summed E-state index contributed by atoms with van der Waals surface area (Å²) in [6.07, 6.45) is 3.17. The molecular formula is C25H38N2O4. The third-order valence-corrected chi connectivity index (χ3v) is 7.90. The predicted molar refractivity (Wildman–Crippen MR) is 120 cm³/mol. The molecule has 0 aliphatic heterocycles. The van der Waals surface area contributed by atoms with E-state index in [1.54, 1.807) is 7.11 Å². The molecule has 0 radical (unpaired) electrons. The first-order valence-electron chi connectivity index (χ1n) is 11.6. The first-order valence-corrected chi connectivity index (χ1v) is 11.6. The number of aliphatic hydroxyl groups is 1. The van der Waals surface area contributed by atoms with Crippen LogP contribution in [0.3, 0.4) is 0 Å². The van der Waals surface area contributed by atoms with Crippen molar-refractivity contribution >= 4 is 11.8 Å². The zero-order valence-electron chi connectivity index (χ0n) is 19.3. The molecule has 6 heteroatoms. The molecule has 6 nitrogen and oxygen atoms in total. The Morgan fingerprint density at radius 1 is 1.23 bits per heavy atom. The van der Waals surface area contributed by atoms with Gasteiger partial charge in [0.1, 0.15) is 0 Å². The van der Waals surface area contributed by atoms with E-state index in [9.17, 15) is 14.7 Å². The fourth-order valence-corrected chi connectivity index (χ4v) is 5.97. The van der Waals surface area contributed by atoms with Gasteiger partial charge in [-0.2, -0.15) is 0 Å². The van der Waals surface area contributed by atoms with Gasteiger partial charge >= 0.3 is 0 Å². The summed E-state index contributed by atoms with van der Waals surface area (Å²) in [7, 11) is 1.61. The Hall–Kier alpha value is -1.92. The lowest BCUT2D eigenvalue weighted by Crippen LogP contribution is -2.58. The van der Waals surface area contributed by atoms with Crippen LogP contribution < -0.4 is 10.6 Å². The highest BCUT2D eigenvalue weighted by Crippen LogP contribution is 2.55. The number of hydrogen-bond donors (Lipinski definition) is 3. The highest BCUT2D eigenvalue weighted by molar-refractivity contribution is 5.94. The van der Waals surface area contributed by atoms with E-state index < -0.39 is 6.10 Å². The Labute approximate surface area is 186 Å². The van der Waals surface area contributed by atoms with Gasteiger partial charge in [0.05, 0.1) is 12.7 Å². The molecule has 1 aromatic carbocycles. The van der Waals surface area contributed by atoms with Gasteiger partial charge in [-0.25, -0.2) is 0 Å². The van der Waals surface area contributed by atoms with Crippen molar-refractivity contribution < 1.29 is 19.4 Å². The summed E-state index contributed by atoms with van der Waals surface area (Å²) < 4.78 is 5.01. The lowest BCUT2D eigenvalue weighted by atomic mass is 9.51. The average Bonchev–Trinajstić information content (AvgIpc) is 2.76. The second kappa shape index (κ2) is 10.1.